The smallest absolute Gasteiger partial charge is 0.148 e. The first-order chi connectivity index (χ1) is 6.13. The summed E-state index contributed by atoms with van der Waals surface area (Å²) in [5, 5.41) is 7.42. The highest BCUT2D eigenvalue weighted by Gasteiger charge is 1.99. The van der Waals surface area contributed by atoms with Crippen LogP contribution in [0.15, 0.2) is 17.2 Å². The first-order valence-electron chi connectivity index (χ1n) is 4.14. The van der Waals surface area contributed by atoms with Crippen molar-refractivity contribution in [3.63, 3.8) is 0 Å². The monoisotopic (exact) mass is 199 g/mol. The molecule has 0 aliphatic rings. The highest BCUT2D eigenvalue weighted by Crippen LogP contribution is 2.07. The van der Waals surface area contributed by atoms with E-state index in [1.807, 2.05) is 31.6 Å². The lowest BCUT2D eigenvalue weighted by Crippen LogP contribution is -2.03. The zero-order valence-corrected chi connectivity index (χ0v) is 8.89. The van der Waals surface area contributed by atoms with Crippen LogP contribution < -0.4 is 5.32 Å². The molecule has 1 aromatic rings. The lowest BCUT2D eigenvalue weighted by Gasteiger charge is -2.00. The molecule has 0 spiro atoms. The SMILES string of the molecule is C/C(=C/Cl)CNc1cc(C)n(C)n1. The summed E-state index contributed by atoms with van der Waals surface area (Å²) in [7, 11) is 1.92. The summed E-state index contributed by atoms with van der Waals surface area (Å²) < 4.78 is 1.84. The Hall–Kier alpha value is -0.960. The van der Waals surface area contributed by atoms with Crippen LogP contribution in [-0.2, 0) is 7.05 Å². The topological polar surface area (TPSA) is 29.9 Å². The van der Waals surface area contributed by atoms with Crippen molar-refractivity contribution in [2.24, 2.45) is 7.05 Å². The summed E-state index contributed by atoms with van der Waals surface area (Å²) in [6.07, 6.45) is 0. The number of aryl methyl sites for hydroxylation is 2. The molecular formula is C9H14ClN3. The van der Waals surface area contributed by atoms with Crippen molar-refractivity contribution in [1.29, 1.82) is 0 Å². The maximum atomic E-state index is 5.53. The molecule has 1 rings (SSSR count). The van der Waals surface area contributed by atoms with Gasteiger partial charge in [0.25, 0.3) is 0 Å². The number of nitrogens with one attached hydrogen (secondary N) is 1. The Morgan fingerprint density at radius 3 is 2.92 bits per heavy atom. The van der Waals surface area contributed by atoms with E-state index in [-0.39, 0.29) is 0 Å². The number of halogens is 1. The fourth-order valence-corrected chi connectivity index (χ4v) is 0.993. The van der Waals surface area contributed by atoms with Gasteiger partial charge in [-0.25, -0.2) is 0 Å². The molecule has 1 heterocycles. The van der Waals surface area contributed by atoms with Crippen molar-refractivity contribution >= 4 is 17.4 Å². The molecule has 0 fully saturated rings. The quantitative estimate of drug-likeness (QED) is 0.810. The van der Waals surface area contributed by atoms with Gasteiger partial charge in [0.2, 0.25) is 0 Å². The Bertz CT molecular complexity index is 295. The predicted molar refractivity (Wildman–Crippen MR) is 56.0 cm³/mol. The van der Waals surface area contributed by atoms with E-state index in [1.54, 1.807) is 5.54 Å². The molecule has 72 valence electrons. The second-order valence-electron chi connectivity index (χ2n) is 3.10. The van der Waals surface area contributed by atoms with Crippen LogP contribution in [0.3, 0.4) is 0 Å². The Morgan fingerprint density at radius 1 is 1.77 bits per heavy atom. The minimum Gasteiger partial charge on any atom is -0.365 e. The van der Waals surface area contributed by atoms with Crippen LogP contribution in [0.5, 0.6) is 0 Å². The van der Waals surface area contributed by atoms with Crippen LogP contribution in [0.2, 0.25) is 0 Å². The van der Waals surface area contributed by atoms with E-state index >= 15 is 0 Å². The molecule has 0 saturated heterocycles. The minimum absolute atomic E-state index is 0.736. The normalized spacial score (nSPS) is 11.8. The van der Waals surface area contributed by atoms with Gasteiger partial charge in [-0.15, -0.1) is 0 Å². The van der Waals surface area contributed by atoms with Gasteiger partial charge < -0.3 is 5.32 Å². The van der Waals surface area contributed by atoms with Crippen LogP contribution in [-0.4, -0.2) is 16.3 Å². The molecule has 0 unspecified atom stereocenters. The maximum Gasteiger partial charge on any atom is 0.148 e. The first-order valence-corrected chi connectivity index (χ1v) is 4.57. The van der Waals surface area contributed by atoms with Crippen LogP contribution in [0, 0.1) is 6.92 Å². The lowest BCUT2D eigenvalue weighted by atomic mass is 10.3. The fourth-order valence-electron chi connectivity index (χ4n) is 0.916. The highest BCUT2D eigenvalue weighted by molar-refractivity contribution is 6.25. The summed E-state index contributed by atoms with van der Waals surface area (Å²) in [6.45, 7) is 4.72. The van der Waals surface area contributed by atoms with Crippen LogP contribution in [0.1, 0.15) is 12.6 Å². The molecule has 0 aromatic carbocycles. The third kappa shape index (κ3) is 2.77. The van der Waals surface area contributed by atoms with E-state index in [0.29, 0.717) is 0 Å². The van der Waals surface area contributed by atoms with Crippen LogP contribution >= 0.6 is 11.6 Å². The van der Waals surface area contributed by atoms with Gasteiger partial charge in [0.1, 0.15) is 5.82 Å². The molecule has 13 heavy (non-hydrogen) atoms. The molecule has 0 bridgehead atoms. The Balaban J connectivity index is 2.55. The van der Waals surface area contributed by atoms with Gasteiger partial charge >= 0.3 is 0 Å². The number of nitrogens with zero attached hydrogens (tertiary/aromatic N) is 2. The molecule has 0 atom stereocenters. The molecule has 0 aliphatic heterocycles. The zero-order valence-electron chi connectivity index (χ0n) is 8.13. The predicted octanol–water partition coefficient (Wildman–Crippen LogP) is 2.28. The van der Waals surface area contributed by atoms with E-state index in [2.05, 4.69) is 10.4 Å². The third-order valence-corrected chi connectivity index (χ3v) is 2.22. The van der Waals surface area contributed by atoms with Crippen LogP contribution in [0.25, 0.3) is 0 Å². The molecule has 1 N–H and O–H groups in total. The Morgan fingerprint density at radius 2 is 2.46 bits per heavy atom. The Kier molecular flexibility index (Phi) is 3.37. The van der Waals surface area contributed by atoms with Crippen molar-refractivity contribution in [2.75, 3.05) is 11.9 Å². The average Bonchev–Trinajstić information content (AvgIpc) is 2.42. The van der Waals surface area contributed by atoms with E-state index in [1.165, 1.54) is 0 Å². The second kappa shape index (κ2) is 4.33. The van der Waals surface area contributed by atoms with Crippen molar-refractivity contribution in [2.45, 2.75) is 13.8 Å². The van der Waals surface area contributed by atoms with Gasteiger partial charge in [-0.2, -0.15) is 5.10 Å². The standard InChI is InChI=1S/C9H14ClN3/c1-7(5-10)6-11-9-4-8(2)13(3)12-9/h4-5H,6H2,1-3H3,(H,11,12)/b7-5-. The summed E-state index contributed by atoms with van der Waals surface area (Å²) in [4.78, 5) is 0. The molecule has 0 saturated carbocycles. The fraction of sp³-hybridized carbons (Fsp3) is 0.444. The molecular weight excluding hydrogens is 186 g/mol. The van der Waals surface area contributed by atoms with Gasteiger partial charge in [0.15, 0.2) is 0 Å². The molecule has 1 aromatic heterocycles. The zero-order chi connectivity index (χ0) is 9.84. The average molecular weight is 200 g/mol. The van der Waals surface area contributed by atoms with Crippen molar-refractivity contribution in [3.05, 3.63) is 22.9 Å². The molecule has 0 aliphatic carbocycles. The van der Waals surface area contributed by atoms with Gasteiger partial charge in [-0.05, 0) is 19.4 Å². The number of hydrogen-bond acceptors (Lipinski definition) is 2. The van der Waals surface area contributed by atoms with Crippen LogP contribution in [0.4, 0.5) is 5.82 Å². The second-order valence-corrected chi connectivity index (χ2v) is 3.32. The van der Waals surface area contributed by atoms with Gasteiger partial charge in [-0.3, -0.25) is 4.68 Å². The number of aromatic nitrogens is 2. The first kappa shape index (κ1) is 10.1. The van der Waals surface area contributed by atoms with E-state index in [9.17, 15) is 0 Å². The van der Waals surface area contributed by atoms with E-state index in [0.717, 1.165) is 23.6 Å². The third-order valence-electron chi connectivity index (χ3n) is 1.85. The molecule has 3 nitrogen and oxygen atoms in total. The van der Waals surface area contributed by atoms with Gasteiger partial charge in [-0.1, -0.05) is 11.6 Å². The van der Waals surface area contributed by atoms with E-state index < -0.39 is 0 Å². The van der Waals surface area contributed by atoms with Gasteiger partial charge in [0.05, 0.1) is 0 Å². The highest BCUT2D eigenvalue weighted by atomic mass is 35.5. The summed E-state index contributed by atoms with van der Waals surface area (Å²) >= 11 is 5.53. The molecule has 0 radical (unpaired) electrons. The number of anilines is 1. The molecule has 4 heteroatoms. The van der Waals surface area contributed by atoms with Crippen molar-refractivity contribution in [3.8, 4) is 0 Å². The summed E-state index contributed by atoms with van der Waals surface area (Å²) in [5.74, 6) is 0.887. The Labute approximate surface area is 83.4 Å². The number of rotatable bonds is 3. The van der Waals surface area contributed by atoms with Crippen molar-refractivity contribution < 1.29 is 0 Å². The van der Waals surface area contributed by atoms with Crippen molar-refractivity contribution in [1.82, 2.24) is 9.78 Å². The minimum atomic E-state index is 0.736. The largest absolute Gasteiger partial charge is 0.365 e. The maximum absolute atomic E-state index is 5.53. The number of hydrogen-bond donors (Lipinski definition) is 1. The van der Waals surface area contributed by atoms with E-state index in [4.69, 9.17) is 11.6 Å². The lowest BCUT2D eigenvalue weighted by molar-refractivity contribution is 0.741. The molecule has 0 amide bonds. The summed E-state index contributed by atoms with van der Waals surface area (Å²) in [5.41, 5.74) is 3.79. The van der Waals surface area contributed by atoms with Gasteiger partial charge in [0, 0.05) is 30.9 Å². The summed E-state index contributed by atoms with van der Waals surface area (Å²) in [6, 6.07) is 2.00.